The summed E-state index contributed by atoms with van der Waals surface area (Å²) < 4.78 is 0. The molecule has 3 aliphatic carbocycles. The fraction of sp³-hybridized carbons (Fsp3) is 0.533. The van der Waals surface area contributed by atoms with E-state index in [1.165, 1.54) is 25.7 Å². The standard InChI is InChI=1S/C15H19NO/c1-10-3-2-4-12(15(10)17)9-16-14-6-5-11-7-13(14)8-11/h2-4,9,11,13-14,17H,5-8H2,1H3. The number of benzene rings is 1. The minimum absolute atomic E-state index is 0.374. The van der Waals surface area contributed by atoms with Gasteiger partial charge in [0.25, 0.3) is 0 Å². The molecule has 1 aromatic carbocycles. The molecule has 3 saturated carbocycles. The van der Waals surface area contributed by atoms with Crippen LogP contribution in [0.25, 0.3) is 0 Å². The molecule has 1 N–H and O–H groups in total. The van der Waals surface area contributed by atoms with Crippen LogP contribution in [-0.2, 0) is 0 Å². The number of nitrogens with zero attached hydrogens (tertiary/aromatic N) is 1. The number of rotatable bonds is 2. The maximum absolute atomic E-state index is 9.91. The summed E-state index contributed by atoms with van der Waals surface area (Å²) in [5.41, 5.74) is 1.77. The van der Waals surface area contributed by atoms with Gasteiger partial charge in [-0.15, -0.1) is 0 Å². The van der Waals surface area contributed by atoms with Crippen LogP contribution in [-0.4, -0.2) is 17.4 Å². The summed E-state index contributed by atoms with van der Waals surface area (Å²) in [6.45, 7) is 1.92. The van der Waals surface area contributed by atoms with Gasteiger partial charge in [0, 0.05) is 11.8 Å². The summed E-state index contributed by atoms with van der Waals surface area (Å²) in [5, 5.41) is 9.91. The minimum atomic E-state index is 0.374. The van der Waals surface area contributed by atoms with Crippen molar-refractivity contribution in [3.63, 3.8) is 0 Å². The number of aliphatic imine (C=N–C) groups is 1. The highest BCUT2D eigenvalue weighted by molar-refractivity contribution is 5.84. The Morgan fingerprint density at radius 2 is 2.12 bits per heavy atom. The van der Waals surface area contributed by atoms with Gasteiger partial charge in [-0.25, -0.2) is 0 Å². The molecule has 3 aliphatic rings. The molecular formula is C15H19NO. The highest BCUT2D eigenvalue weighted by Gasteiger charge is 2.39. The SMILES string of the molecule is Cc1cccc(C=NC2CCC3CC2C3)c1O. The molecule has 0 aromatic heterocycles. The maximum atomic E-state index is 9.91. The second-order valence-corrected chi connectivity index (χ2v) is 5.53. The molecular weight excluding hydrogens is 210 g/mol. The summed E-state index contributed by atoms with van der Waals surface area (Å²) in [6.07, 6.45) is 7.20. The molecule has 3 fully saturated rings. The Morgan fingerprint density at radius 1 is 1.29 bits per heavy atom. The van der Waals surface area contributed by atoms with E-state index in [9.17, 15) is 5.11 Å². The largest absolute Gasteiger partial charge is 0.507 e. The smallest absolute Gasteiger partial charge is 0.127 e. The van der Waals surface area contributed by atoms with Crippen molar-refractivity contribution in [2.75, 3.05) is 0 Å². The van der Waals surface area contributed by atoms with E-state index in [1.807, 2.05) is 31.3 Å². The Bertz CT molecular complexity index is 443. The number of phenolic OH excluding ortho intramolecular Hbond substituents is 1. The van der Waals surface area contributed by atoms with Crippen molar-refractivity contribution < 1.29 is 5.11 Å². The van der Waals surface area contributed by atoms with Crippen LogP contribution >= 0.6 is 0 Å². The van der Waals surface area contributed by atoms with Crippen molar-refractivity contribution >= 4 is 6.21 Å². The highest BCUT2D eigenvalue weighted by atomic mass is 16.3. The average molecular weight is 229 g/mol. The molecule has 1 aromatic rings. The number of hydrogen-bond acceptors (Lipinski definition) is 2. The normalized spacial score (nSPS) is 31.5. The Hall–Kier alpha value is -1.31. The van der Waals surface area contributed by atoms with Crippen molar-refractivity contribution in [3.05, 3.63) is 29.3 Å². The highest BCUT2D eigenvalue weighted by Crippen LogP contribution is 2.46. The van der Waals surface area contributed by atoms with Crippen LogP contribution in [0.2, 0.25) is 0 Å². The van der Waals surface area contributed by atoms with Crippen LogP contribution in [0.5, 0.6) is 5.75 Å². The van der Waals surface area contributed by atoms with Crippen LogP contribution < -0.4 is 0 Å². The molecule has 17 heavy (non-hydrogen) atoms. The van der Waals surface area contributed by atoms with Crippen molar-refractivity contribution in [1.82, 2.24) is 0 Å². The third-order valence-corrected chi connectivity index (χ3v) is 4.36. The molecule has 0 saturated heterocycles. The molecule has 0 spiro atoms. The molecule has 4 rings (SSSR count). The first-order valence-corrected chi connectivity index (χ1v) is 6.56. The van der Waals surface area contributed by atoms with Crippen LogP contribution in [0.15, 0.2) is 23.2 Å². The summed E-state index contributed by atoms with van der Waals surface area (Å²) in [7, 11) is 0. The van der Waals surface area contributed by atoms with Gasteiger partial charge in [-0.3, -0.25) is 4.99 Å². The van der Waals surface area contributed by atoms with Gasteiger partial charge >= 0.3 is 0 Å². The lowest BCUT2D eigenvalue weighted by Gasteiger charge is -2.44. The predicted octanol–water partition coefficient (Wildman–Crippen LogP) is 3.31. The van der Waals surface area contributed by atoms with Crippen LogP contribution in [0, 0.1) is 18.8 Å². The van der Waals surface area contributed by atoms with Gasteiger partial charge < -0.3 is 5.11 Å². The first-order valence-electron chi connectivity index (χ1n) is 6.56. The first-order chi connectivity index (χ1) is 8.24. The number of phenols is 1. The second kappa shape index (κ2) is 4.17. The van der Waals surface area contributed by atoms with Gasteiger partial charge in [-0.1, -0.05) is 12.1 Å². The molecule has 90 valence electrons. The van der Waals surface area contributed by atoms with E-state index in [4.69, 9.17) is 0 Å². The lowest BCUT2D eigenvalue weighted by molar-refractivity contribution is 0.0930. The first kappa shape index (κ1) is 10.8. The van der Waals surface area contributed by atoms with Crippen molar-refractivity contribution in [2.45, 2.75) is 38.6 Å². The van der Waals surface area contributed by atoms with Gasteiger partial charge in [0.2, 0.25) is 0 Å². The van der Waals surface area contributed by atoms with E-state index in [0.717, 1.165) is 23.0 Å². The molecule has 0 heterocycles. The predicted molar refractivity (Wildman–Crippen MR) is 69.7 cm³/mol. The summed E-state index contributed by atoms with van der Waals surface area (Å²) >= 11 is 0. The third-order valence-electron chi connectivity index (χ3n) is 4.36. The van der Waals surface area contributed by atoms with Crippen molar-refractivity contribution in [1.29, 1.82) is 0 Å². The summed E-state index contributed by atoms with van der Waals surface area (Å²) in [4.78, 5) is 4.69. The zero-order chi connectivity index (χ0) is 11.8. The van der Waals surface area contributed by atoms with E-state index in [0.29, 0.717) is 11.8 Å². The Labute approximate surface area is 102 Å². The van der Waals surface area contributed by atoms with Gasteiger partial charge in [-0.05, 0) is 56.1 Å². The lowest BCUT2D eigenvalue weighted by Crippen LogP contribution is -2.38. The summed E-state index contributed by atoms with van der Waals surface area (Å²) in [5.74, 6) is 2.19. The number of fused-ring (bicyclic) bond motifs is 2. The Balaban J connectivity index is 1.75. The Kier molecular flexibility index (Phi) is 2.65. The molecule has 1 atom stereocenters. The zero-order valence-electron chi connectivity index (χ0n) is 10.3. The van der Waals surface area contributed by atoms with Crippen LogP contribution in [0.3, 0.4) is 0 Å². The number of para-hydroxylation sites is 1. The molecule has 0 amide bonds. The monoisotopic (exact) mass is 229 g/mol. The van der Waals surface area contributed by atoms with Gasteiger partial charge in [0.05, 0.1) is 6.04 Å². The average Bonchev–Trinajstić information content (AvgIpc) is 2.30. The molecule has 2 nitrogen and oxygen atoms in total. The molecule has 0 aliphatic heterocycles. The summed E-state index contributed by atoms with van der Waals surface area (Å²) in [6, 6.07) is 6.32. The van der Waals surface area contributed by atoms with Crippen LogP contribution in [0.1, 0.15) is 36.8 Å². The van der Waals surface area contributed by atoms with Crippen LogP contribution in [0.4, 0.5) is 0 Å². The number of aromatic hydroxyl groups is 1. The molecule has 2 bridgehead atoms. The van der Waals surface area contributed by atoms with Gasteiger partial charge in [0.15, 0.2) is 0 Å². The number of aryl methyl sites for hydroxylation is 1. The fourth-order valence-corrected chi connectivity index (χ4v) is 3.14. The lowest BCUT2D eigenvalue weighted by atomic mass is 9.63. The van der Waals surface area contributed by atoms with E-state index >= 15 is 0 Å². The molecule has 0 radical (unpaired) electrons. The Morgan fingerprint density at radius 3 is 2.82 bits per heavy atom. The van der Waals surface area contributed by atoms with E-state index in [1.54, 1.807) is 0 Å². The van der Waals surface area contributed by atoms with Crippen molar-refractivity contribution in [3.8, 4) is 5.75 Å². The molecule has 1 unspecified atom stereocenters. The van der Waals surface area contributed by atoms with E-state index in [-0.39, 0.29) is 0 Å². The third kappa shape index (κ3) is 1.97. The van der Waals surface area contributed by atoms with E-state index < -0.39 is 0 Å². The van der Waals surface area contributed by atoms with Gasteiger partial charge in [0.1, 0.15) is 5.75 Å². The molecule has 2 heteroatoms. The minimum Gasteiger partial charge on any atom is -0.507 e. The fourth-order valence-electron chi connectivity index (χ4n) is 3.14. The second-order valence-electron chi connectivity index (χ2n) is 5.53. The van der Waals surface area contributed by atoms with E-state index in [2.05, 4.69) is 4.99 Å². The maximum Gasteiger partial charge on any atom is 0.127 e. The van der Waals surface area contributed by atoms with Crippen molar-refractivity contribution in [2.24, 2.45) is 16.8 Å². The quantitative estimate of drug-likeness (QED) is 0.775. The topological polar surface area (TPSA) is 32.6 Å². The number of hydrogen-bond donors (Lipinski definition) is 1. The zero-order valence-corrected chi connectivity index (χ0v) is 10.3. The van der Waals surface area contributed by atoms with Gasteiger partial charge in [-0.2, -0.15) is 0 Å².